The lowest BCUT2D eigenvalue weighted by atomic mass is 9.97. The highest BCUT2D eigenvalue weighted by molar-refractivity contribution is 5.90. The number of benzene rings is 1. The summed E-state index contributed by atoms with van der Waals surface area (Å²) in [4.78, 5) is 13.1. The molecule has 0 aliphatic heterocycles. The van der Waals surface area contributed by atoms with Gasteiger partial charge in [-0.05, 0) is 43.5 Å². The van der Waals surface area contributed by atoms with E-state index in [1.54, 1.807) is 0 Å². The summed E-state index contributed by atoms with van der Waals surface area (Å²) < 4.78 is 0. The molecule has 2 aromatic rings. The third kappa shape index (κ3) is 2.62. The Morgan fingerprint density at radius 3 is 3.05 bits per heavy atom. The smallest absolute Gasteiger partial charge is 0.0735 e. The van der Waals surface area contributed by atoms with Crippen LogP contribution in [0.2, 0.25) is 0 Å². The lowest BCUT2D eigenvalue weighted by molar-refractivity contribution is 0.502. The number of hydrogen-bond acceptors (Lipinski definition) is 3. The van der Waals surface area contributed by atoms with E-state index in [-0.39, 0.29) is 0 Å². The third-order valence-electron chi connectivity index (χ3n) is 4.11. The zero-order chi connectivity index (χ0) is 13.8. The van der Waals surface area contributed by atoms with Crippen molar-refractivity contribution in [2.75, 3.05) is 6.54 Å². The van der Waals surface area contributed by atoms with Crippen molar-refractivity contribution in [1.82, 2.24) is 4.98 Å². The summed E-state index contributed by atoms with van der Waals surface area (Å²) in [6, 6.07) is 10.1. The van der Waals surface area contributed by atoms with Crippen molar-refractivity contribution in [2.24, 2.45) is 21.8 Å². The van der Waals surface area contributed by atoms with E-state index in [2.05, 4.69) is 29.0 Å². The van der Waals surface area contributed by atoms with Crippen molar-refractivity contribution in [3.05, 3.63) is 36.5 Å². The maximum absolute atomic E-state index is 4.72. The first kappa shape index (κ1) is 13.0. The highest BCUT2D eigenvalue weighted by Gasteiger charge is 2.25. The van der Waals surface area contributed by atoms with Crippen LogP contribution in [0.15, 0.2) is 46.5 Å². The highest BCUT2D eigenvalue weighted by atomic mass is 14.8. The minimum absolute atomic E-state index is 0.535. The SMILES string of the molecule is C=NCC1CCCC1C=Nc1ccnc2ccccc12. The van der Waals surface area contributed by atoms with Gasteiger partial charge in [-0.15, -0.1) is 0 Å². The first-order valence-corrected chi connectivity index (χ1v) is 7.19. The van der Waals surface area contributed by atoms with Gasteiger partial charge in [-0.1, -0.05) is 24.6 Å². The molecule has 1 saturated carbocycles. The first-order valence-electron chi connectivity index (χ1n) is 7.19. The Balaban J connectivity index is 1.85. The van der Waals surface area contributed by atoms with Crippen LogP contribution in [-0.4, -0.2) is 24.5 Å². The maximum Gasteiger partial charge on any atom is 0.0735 e. The number of aliphatic imine (C=N–C) groups is 2. The molecule has 0 spiro atoms. The second-order valence-corrected chi connectivity index (χ2v) is 5.39. The number of para-hydroxylation sites is 1. The fourth-order valence-corrected chi connectivity index (χ4v) is 3.02. The number of pyridine rings is 1. The second-order valence-electron chi connectivity index (χ2n) is 5.39. The van der Waals surface area contributed by atoms with E-state index in [1.165, 1.54) is 19.3 Å². The Morgan fingerprint density at radius 1 is 1.25 bits per heavy atom. The van der Waals surface area contributed by atoms with E-state index in [9.17, 15) is 0 Å². The van der Waals surface area contributed by atoms with Crippen LogP contribution in [0.25, 0.3) is 10.9 Å². The third-order valence-corrected chi connectivity index (χ3v) is 4.11. The van der Waals surface area contributed by atoms with Gasteiger partial charge >= 0.3 is 0 Å². The number of nitrogens with zero attached hydrogens (tertiary/aromatic N) is 3. The summed E-state index contributed by atoms with van der Waals surface area (Å²) in [5.41, 5.74) is 2.01. The molecule has 0 N–H and O–H groups in total. The van der Waals surface area contributed by atoms with Gasteiger partial charge in [-0.3, -0.25) is 9.98 Å². The number of rotatable bonds is 4. The molecule has 0 bridgehead atoms. The van der Waals surface area contributed by atoms with E-state index in [4.69, 9.17) is 4.99 Å². The molecule has 1 heterocycles. The largest absolute Gasteiger partial charge is 0.301 e. The first-order chi connectivity index (χ1) is 9.88. The molecule has 3 heteroatoms. The van der Waals surface area contributed by atoms with Gasteiger partial charge in [0.2, 0.25) is 0 Å². The van der Waals surface area contributed by atoms with Crippen molar-refractivity contribution in [1.29, 1.82) is 0 Å². The van der Waals surface area contributed by atoms with Gasteiger partial charge < -0.3 is 4.99 Å². The monoisotopic (exact) mass is 265 g/mol. The van der Waals surface area contributed by atoms with E-state index in [0.717, 1.165) is 23.1 Å². The fraction of sp³-hybridized carbons (Fsp3) is 0.353. The zero-order valence-corrected chi connectivity index (χ0v) is 11.6. The van der Waals surface area contributed by atoms with Crippen molar-refractivity contribution in [3.63, 3.8) is 0 Å². The van der Waals surface area contributed by atoms with E-state index < -0.39 is 0 Å². The molecule has 1 aromatic heterocycles. The van der Waals surface area contributed by atoms with Gasteiger partial charge in [0.05, 0.1) is 11.2 Å². The van der Waals surface area contributed by atoms with E-state index in [1.807, 2.05) is 30.5 Å². The van der Waals surface area contributed by atoms with Crippen LogP contribution in [0.3, 0.4) is 0 Å². The summed E-state index contributed by atoms with van der Waals surface area (Å²) in [6.07, 6.45) is 7.67. The summed E-state index contributed by atoms with van der Waals surface area (Å²) in [6.45, 7) is 4.47. The van der Waals surface area contributed by atoms with Crippen molar-refractivity contribution < 1.29 is 0 Å². The predicted octanol–water partition coefficient (Wildman–Crippen LogP) is 4.05. The Kier molecular flexibility index (Phi) is 3.86. The molecule has 102 valence electrons. The number of aromatic nitrogens is 1. The van der Waals surface area contributed by atoms with Gasteiger partial charge in [-0.2, -0.15) is 0 Å². The number of fused-ring (bicyclic) bond motifs is 1. The summed E-state index contributed by atoms with van der Waals surface area (Å²) in [5, 5.41) is 1.11. The molecule has 0 saturated heterocycles. The molecule has 0 radical (unpaired) electrons. The molecule has 1 fully saturated rings. The molecule has 0 amide bonds. The predicted molar refractivity (Wildman–Crippen MR) is 85.1 cm³/mol. The zero-order valence-electron chi connectivity index (χ0n) is 11.6. The van der Waals surface area contributed by atoms with Crippen LogP contribution in [0, 0.1) is 11.8 Å². The minimum atomic E-state index is 0.535. The Hall–Kier alpha value is -2.03. The molecular weight excluding hydrogens is 246 g/mol. The lowest BCUT2D eigenvalue weighted by Crippen LogP contribution is -2.12. The summed E-state index contributed by atoms with van der Waals surface area (Å²) >= 11 is 0. The standard InChI is InChI=1S/C17H19N3/c1-18-11-13-5-4-6-14(13)12-20-17-9-10-19-16-8-3-2-7-15(16)17/h2-3,7-10,12-14H,1,4-6,11H2. The van der Waals surface area contributed by atoms with Gasteiger partial charge in [0.15, 0.2) is 0 Å². The topological polar surface area (TPSA) is 37.6 Å². The summed E-state index contributed by atoms with van der Waals surface area (Å²) in [7, 11) is 0. The van der Waals surface area contributed by atoms with Crippen LogP contribution < -0.4 is 0 Å². The maximum atomic E-state index is 4.72. The van der Waals surface area contributed by atoms with Gasteiger partial charge in [0.1, 0.15) is 0 Å². The average Bonchev–Trinajstić information content (AvgIpc) is 2.93. The van der Waals surface area contributed by atoms with Gasteiger partial charge in [0, 0.05) is 24.3 Å². The molecule has 20 heavy (non-hydrogen) atoms. The fourth-order valence-electron chi connectivity index (χ4n) is 3.02. The minimum Gasteiger partial charge on any atom is -0.301 e. The quantitative estimate of drug-likeness (QED) is 0.768. The van der Waals surface area contributed by atoms with Crippen molar-refractivity contribution in [3.8, 4) is 0 Å². The Labute approximate surface area is 119 Å². The molecule has 1 aliphatic rings. The second kappa shape index (κ2) is 5.95. The molecule has 2 unspecified atom stereocenters. The molecule has 1 aromatic carbocycles. The normalized spacial score (nSPS) is 22.6. The Morgan fingerprint density at radius 2 is 2.15 bits per heavy atom. The van der Waals surface area contributed by atoms with Crippen molar-refractivity contribution in [2.45, 2.75) is 19.3 Å². The molecule has 1 aliphatic carbocycles. The molecule has 2 atom stereocenters. The molecule has 3 rings (SSSR count). The lowest BCUT2D eigenvalue weighted by Gasteiger charge is -2.12. The van der Waals surface area contributed by atoms with Gasteiger partial charge in [-0.25, -0.2) is 0 Å². The van der Waals surface area contributed by atoms with Crippen molar-refractivity contribution >= 4 is 29.5 Å². The highest BCUT2D eigenvalue weighted by Crippen LogP contribution is 2.32. The van der Waals surface area contributed by atoms with E-state index in [0.29, 0.717) is 11.8 Å². The van der Waals surface area contributed by atoms with Crippen LogP contribution in [0.5, 0.6) is 0 Å². The number of hydrogen-bond donors (Lipinski definition) is 0. The van der Waals surface area contributed by atoms with Gasteiger partial charge in [0.25, 0.3) is 0 Å². The van der Waals surface area contributed by atoms with E-state index >= 15 is 0 Å². The van der Waals surface area contributed by atoms with Crippen LogP contribution in [0.1, 0.15) is 19.3 Å². The summed E-state index contributed by atoms with van der Waals surface area (Å²) in [5.74, 6) is 1.15. The van der Waals surface area contributed by atoms with Crippen LogP contribution in [0.4, 0.5) is 5.69 Å². The van der Waals surface area contributed by atoms with Crippen LogP contribution >= 0.6 is 0 Å². The van der Waals surface area contributed by atoms with Crippen LogP contribution in [-0.2, 0) is 0 Å². The Bertz CT molecular complexity index is 628. The molecule has 3 nitrogen and oxygen atoms in total. The average molecular weight is 265 g/mol. The molecular formula is C17H19N3.